The summed E-state index contributed by atoms with van der Waals surface area (Å²) in [6.07, 6.45) is -4.79. The van der Waals surface area contributed by atoms with Gasteiger partial charge in [-0.2, -0.15) is 18.4 Å². The van der Waals surface area contributed by atoms with Crippen LogP contribution in [0, 0.1) is 24.1 Å². The second-order valence-corrected chi connectivity index (χ2v) is 7.98. The number of carbonyl (C=O) groups excluding carboxylic acids is 1. The summed E-state index contributed by atoms with van der Waals surface area (Å²) < 4.78 is 64.3. The third-order valence-corrected chi connectivity index (χ3v) is 5.83. The number of hydrogen-bond donors (Lipinski definition) is 0. The molecule has 1 aliphatic heterocycles. The van der Waals surface area contributed by atoms with Crippen molar-refractivity contribution in [3.63, 3.8) is 0 Å². The van der Waals surface area contributed by atoms with Crippen molar-refractivity contribution in [2.75, 3.05) is 26.3 Å². The largest absolute Gasteiger partial charge is 0.431 e. The Labute approximate surface area is 193 Å². The first-order chi connectivity index (χ1) is 16.2. The minimum absolute atomic E-state index is 0.0275. The molecular weight excluding hydrogens is 450 g/mol. The first-order valence-corrected chi connectivity index (χ1v) is 10.6. The standard InChI is InChI=1S/C25H21F4N3O2/c1-16-21(19-8-7-18(14-30)13-20(19)26)22(24(33)31-9-11-34-12-10-31)32(23(16)25(27,28)29)15-17-5-3-2-4-6-17/h2-8,13H,9-12,15H2,1H3. The van der Waals surface area contributed by atoms with Crippen molar-refractivity contribution in [1.29, 1.82) is 5.26 Å². The fraction of sp³-hybridized carbons (Fsp3) is 0.280. The Kier molecular flexibility index (Phi) is 6.44. The Bertz CT molecular complexity index is 1250. The third kappa shape index (κ3) is 4.41. The minimum Gasteiger partial charge on any atom is -0.378 e. The van der Waals surface area contributed by atoms with Crippen molar-refractivity contribution >= 4 is 5.91 Å². The number of ether oxygens (including phenoxy) is 1. The Morgan fingerprint density at radius 1 is 1.12 bits per heavy atom. The van der Waals surface area contributed by atoms with E-state index in [1.165, 1.54) is 24.0 Å². The highest BCUT2D eigenvalue weighted by Gasteiger charge is 2.42. The number of rotatable bonds is 4. The number of aromatic nitrogens is 1. The molecule has 0 N–H and O–H groups in total. The van der Waals surface area contributed by atoms with Crippen LogP contribution in [0.5, 0.6) is 0 Å². The number of benzene rings is 2. The van der Waals surface area contributed by atoms with Crippen LogP contribution in [0.15, 0.2) is 48.5 Å². The zero-order chi connectivity index (χ0) is 24.5. The van der Waals surface area contributed by atoms with E-state index in [2.05, 4.69) is 0 Å². The van der Waals surface area contributed by atoms with Crippen LogP contribution in [0.25, 0.3) is 11.1 Å². The molecule has 1 fully saturated rings. The highest BCUT2D eigenvalue weighted by Crippen LogP contribution is 2.42. The maximum atomic E-state index is 15.1. The lowest BCUT2D eigenvalue weighted by Crippen LogP contribution is -2.41. The average molecular weight is 471 g/mol. The molecule has 0 spiro atoms. The molecule has 34 heavy (non-hydrogen) atoms. The molecule has 1 saturated heterocycles. The number of amides is 1. The number of halogens is 4. The van der Waals surface area contributed by atoms with Crippen LogP contribution in [-0.4, -0.2) is 41.7 Å². The van der Waals surface area contributed by atoms with E-state index in [-0.39, 0.29) is 60.8 Å². The molecule has 5 nitrogen and oxygen atoms in total. The van der Waals surface area contributed by atoms with Gasteiger partial charge in [0.1, 0.15) is 17.2 Å². The lowest BCUT2D eigenvalue weighted by atomic mass is 9.98. The summed E-state index contributed by atoms with van der Waals surface area (Å²) in [7, 11) is 0. The summed E-state index contributed by atoms with van der Waals surface area (Å²) in [6, 6.07) is 13.8. The number of morpholine rings is 1. The zero-order valence-corrected chi connectivity index (χ0v) is 18.3. The summed E-state index contributed by atoms with van der Waals surface area (Å²) in [5.41, 5.74) is -1.19. The first-order valence-electron chi connectivity index (χ1n) is 10.6. The Morgan fingerprint density at radius 3 is 2.38 bits per heavy atom. The fourth-order valence-electron chi connectivity index (χ4n) is 4.29. The van der Waals surface area contributed by atoms with E-state index in [0.29, 0.717) is 5.56 Å². The average Bonchev–Trinajstić information content (AvgIpc) is 3.11. The van der Waals surface area contributed by atoms with Crippen molar-refractivity contribution in [3.05, 3.63) is 82.4 Å². The van der Waals surface area contributed by atoms with Gasteiger partial charge in [0.15, 0.2) is 0 Å². The Hall–Kier alpha value is -3.64. The molecule has 3 aromatic rings. The second-order valence-electron chi connectivity index (χ2n) is 7.98. The summed E-state index contributed by atoms with van der Waals surface area (Å²) >= 11 is 0. The maximum Gasteiger partial charge on any atom is 0.431 e. The van der Waals surface area contributed by atoms with Gasteiger partial charge in [0.05, 0.1) is 24.8 Å². The van der Waals surface area contributed by atoms with Crippen LogP contribution < -0.4 is 0 Å². The van der Waals surface area contributed by atoms with E-state index in [1.54, 1.807) is 30.3 Å². The molecule has 4 rings (SSSR count). The highest BCUT2D eigenvalue weighted by atomic mass is 19.4. The quantitative estimate of drug-likeness (QED) is 0.503. The van der Waals surface area contributed by atoms with E-state index in [4.69, 9.17) is 10.00 Å². The SMILES string of the molecule is Cc1c(-c2ccc(C#N)cc2F)c(C(=O)N2CCOCC2)n(Cc2ccccc2)c1C(F)(F)F. The molecule has 9 heteroatoms. The van der Waals surface area contributed by atoms with Crippen molar-refractivity contribution < 1.29 is 27.1 Å². The van der Waals surface area contributed by atoms with Gasteiger partial charge >= 0.3 is 6.18 Å². The normalized spacial score (nSPS) is 14.2. The van der Waals surface area contributed by atoms with E-state index in [9.17, 15) is 18.0 Å². The third-order valence-electron chi connectivity index (χ3n) is 5.83. The maximum absolute atomic E-state index is 15.1. The van der Waals surface area contributed by atoms with E-state index in [1.807, 2.05) is 6.07 Å². The molecule has 0 bridgehead atoms. The molecule has 2 heterocycles. The predicted octanol–water partition coefficient (Wildman–Crippen LogP) is 5.01. The molecular formula is C25H21F4N3O2. The fourth-order valence-corrected chi connectivity index (χ4v) is 4.29. The Balaban J connectivity index is 2.01. The van der Waals surface area contributed by atoms with E-state index < -0.39 is 23.6 Å². The summed E-state index contributed by atoms with van der Waals surface area (Å²) in [5.74, 6) is -1.50. The molecule has 0 atom stereocenters. The molecule has 1 aliphatic rings. The van der Waals surface area contributed by atoms with Crippen molar-refractivity contribution in [3.8, 4) is 17.2 Å². The number of alkyl halides is 3. The predicted molar refractivity (Wildman–Crippen MR) is 117 cm³/mol. The van der Waals surface area contributed by atoms with Crippen molar-refractivity contribution in [2.45, 2.75) is 19.6 Å². The van der Waals surface area contributed by atoms with Gasteiger partial charge in [-0.1, -0.05) is 36.4 Å². The second kappa shape index (κ2) is 9.31. The van der Waals surface area contributed by atoms with E-state index >= 15 is 4.39 Å². The molecule has 1 aromatic heterocycles. The molecule has 0 saturated carbocycles. The van der Waals surface area contributed by atoms with Crippen LogP contribution in [0.1, 0.15) is 32.9 Å². The summed E-state index contributed by atoms with van der Waals surface area (Å²) in [5, 5.41) is 9.07. The Morgan fingerprint density at radius 2 is 1.79 bits per heavy atom. The summed E-state index contributed by atoms with van der Waals surface area (Å²) in [6.45, 7) is 1.97. The lowest BCUT2D eigenvalue weighted by Gasteiger charge is -2.28. The number of hydrogen-bond acceptors (Lipinski definition) is 3. The van der Waals surface area contributed by atoms with Crippen molar-refractivity contribution in [2.24, 2.45) is 0 Å². The number of carbonyl (C=O) groups is 1. The van der Waals surface area contributed by atoms with Crippen LogP contribution in [0.4, 0.5) is 17.6 Å². The highest BCUT2D eigenvalue weighted by molar-refractivity contribution is 6.01. The summed E-state index contributed by atoms with van der Waals surface area (Å²) in [4.78, 5) is 15.1. The number of nitrogens with zero attached hydrogens (tertiary/aromatic N) is 3. The monoisotopic (exact) mass is 471 g/mol. The van der Waals surface area contributed by atoms with Crippen LogP contribution >= 0.6 is 0 Å². The molecule has 2 aromatic carbocycles. The lowest BCUT2D eigenvalue weighted by molar-refractivity contribution is -0.143. The minimum atomic E-state index is -4.79. The topological polar surface area (TPSA) is 58.3 Å². The van der Waals surface area contributed by atoms with Crippen LogP contribution in [0.3, 0.4) is 0 Å². The van der Waals surface area contributed by atoms with Gasteiger partial charge in [0.2, 0.25) is 0 Å². The van der Waals surface area contributed by atoms with Crippen LogP contribution in [0.2, 0.25) is 0 Å². The molecule has 0 unspecified atom stereocenters. The van der Waals surface area contributed by atoms with Gasteiger partial charge in [0.25, 0.3) is 5.91 Å². The molecule has 176 valence electrons. The molecule has 1 amide bonds. The van der Waals surface area contributed by atoms with Gasteiger partial charge in [-0.05, 0) is 30.2 Å². The first kappa shape index (κ1) is 23.5. The van der Waals surface area contributed by atoms with Crippen molar-refractivity contribution in [1.82, 2.24) is 9.47 Å². The smallest absolute Gasteiger partial charge is 0.378 e. The van der Waals surface area contributed by atoms with Gasteiger partial charge in [-0.15, -0.1) is 0 Å². The zero-order valence-electron chi connectivity index (χ0n) is 18.3. The van der Waals surface area contributed by atoms with Crippen LogP contribution in [-0.2, 0) is 17.5 Å². The van der Waals surface area contributed by atoms with Gasteiger partial charge in [-0.25, -0.2) is 4.39 Å². The van der Waals surface area contributed by atoms with E-state index in [0.717, 1.165) is 10.6 Å². The molecule has 0 aliphatic carbocycles. The number of nitriles is 1. The van der Waals surface area contributed by atoms with Gasteiger partial charge in [-0.3, -0.25) is 4.79 Å². The molecule has 0 radical (unpaired) electrons. The van der Waals surface area contributed by atoms with Gasteiger partial charge in [0, 0.05) is 30.8 Å². The van der Waals surface area contributed by atoms with Gasteiger partial charge < -0.3 is 14.2 Å².